The predicted molar refractivity (Wildman–Crippen MR) is 66.8 cm³/mol. The van der Waals surface area contributed by atoms with E-state index in [9.17, 15) is 14.3 Å². The molecule has 1 saturated carbocycles. The van der Waals surface area contributed by atoms with Crippen LogP contribution in [0.25, 0.3) is 0 Å². The van der Waals surface area contributed by atoms with Gasteiger partial charge in [0.15, 0.2) is 23.1 Å². The van der Waals surface area contributed by atoms with Gasteiger partial charge in [0, 0.05) is 23.5 Å². The Morgan fingerprint density at radius 1 is 1.35 bits per heavy atom. The summed E-state index contributed by atoms with van der Waals surface area (Å²) in [4.78, 5) is 11.0. The van der Waals surface area contributed by atoms with Crippen LogP contribution in [0.1, 0.15) is 31.2 Å². The van der Waals surface area contributed by atoms with Gasteiger partial charge < -0.3 is 19.7 Å². The Morgan fingerprint density at radius 2 is 2.05 bits per heavy atom. The van der Waals surface area contributed by atoms with Crippen molar-refractivity contribution in [2.75, 3.05) is 13.2 Å². The van der Waals surface area contributed by atoms with Gasteiger partial charge >= 0.3 is 5.97 Å². The van der Waals surface area contributed by atoms with Gasteiger partial charge in [-0.3, -0.25) is 4.79 Å². The van der Waals surface area contributed by atoms with Gasteiger partial charge in [0.25, 0.3) is 0 Å². The number of ether oxygens (including phenoxy) is 2. The quantitative estimate of drug-likeness (QED) is 0.888. The molecule has 108 valence electrons. The number of hydrogen-bond acceptors (Lipinski definition) is 4. The molecular formula is C14H15FO5. The highest BCUT2D eigenvalue weighted by Crippen LogP contribution is 2.59. The van der Waals surface area contributed by atoms with Gasteiger partial charge in [-0.25, -0.2) is 4.39 Å². The fourth-order valence-corrected chi connectivity index (χ4v) is 2.71. The Labute approximate surface area is 114 Å². The monoisotopic (exact) mass is 282 g/mol. The standard InChI is InChI=1S/C14H15FO5/c15-8-6-9-13(20-5-1-4-19-9)11(12(8)18)14(2-3-14)7-10(16)17/h6,18H,1-5,7H2,(H,16,17). The van der Waals surface area contributed by atoms with Crippen LogP contribution < -0.4 is 9.47 Å². The average molecular weight is 282 g/mol. The minimum atomic E-state index is -0.977. The molecule has 0 unspecified atom stereocenters. The molecule has 1 aliphatic carbocycles. The van der Waals surface area contributed by atoms with Crippen molar-refractivity contribution in [2.45, 2.75) is 31.1 Å². The summed E-state index contributed by atoms with van der Waals surface area (Å²) in [6, 6.07) is 1.09. The summed E-state index contributed by atoms with van der Waals surface area (Å²) >= 11 is 0. The van der Waals surface area contributed by atoms with Crippen molar-refractivity contribution >= 4 is 5.97 Å². The number of phenols is 1. The van der Waals surface area contributed by atoms with Crippen LogP contribution in [0.4, 0.5) is 4.39 Å². The molecule has 1 aromatic carbocycles. The van der Waals surface area contributed by atoms with Crippen molar-refractivity contribution in [3.63, 3.8) is 0 Å². The zero-order chi connectivity index (χ0) is 14.3. The third-order valence-electron chi connectivity index (χ3n) is 3.84. The van der Waals surface area contributed by atoms with Gasteiger partial charge in [-0.15, -0.1) is 0 Å². The number of hydrogen-bond donors (Lipinski definition) is 2. The topological polar surface area (TPSA) is 76.0 Å². The highest BCUT2D eigenvalue weighted by atomic mass is 19.1. The average Bonchev–Trinajstić information content (AvgIpc) is 3.15. The molecule has 1 heterocycles. The summed E-state index contributed by atoms with van der Waals surface area (Å²) in [7, 11) is 0. The summed E-state index contributed by atoms with van der Waals surface area (Å²) in [6.07, 6.45) is 1.68. The Balaban J connectivity index is 2.14. The molecule has 0 spiro atoms. The molecule has 0 saturated heterocycles. The molecule has 5 nitrogen and oxygen atoms in total. The van der Waals surface area contributed by atoms with Crippen molar-refractivity contribution in [3.8, 4) is 17.2 Å². The van der Waals surface area contributed by atoms with Crippen LogP contribution in [0.5, 0.6) is 17.2 Å². The van der Waals surface area contributed by atoms with Crippen LogP contribution in [0, 0.1) is 5.82 Å². The summed E-state index contributed by atoms with van der Waals surface area (Å²) in [6.45, 7) is 0.802. The number of fused-ring (bicyclic) bond motifs is 1. The maximum absolute atomic E-state index is 13.9. The smallest absolute Gasteiger partial charge is 0.304 e. The van der Waals surface area contributed by atoms with Crippen LogP contribution in [0.3, 0.4) is 0 Å². The second kappa shape index (κ2) is 4.54. The van der Waals surface area contributed by atoms with E-state index >= 15 is 0 Å². The fourth-order valence-electron chi connectivity index (χ4n) is 2.71. The predicted octanol–water partition coefficient (Wildman–Crippen LogP) is 2.20. The normalized spacial score (nSPS) is 19.2. The van der Waals surface area contributed by atoms with Crippen LogP contribution in [0.15, 0.2) is 6.07 Å². The van der Waals surface area contributed by atoms with E-state index < -0.39 is 23.0 Å². The van der Waals surface area contributed by atoms with E-state index in [1.165, 1.54) is 0 Å². The number of carboxylic acids is 1. The molecule has 0 atom stereocenters. The molecule has 0 aromatic heterocycles. The van der Waals surface area contributed by atoms with E-state index in [1.807, 2.05) is 0 Å². The molecule has 20 heavy (non-hydrogen) atoms. The molecule has 2 aliphatic rings. The first-order valence-corrected chi connectivity index (χ1v) is 6.57. The lowest BCUT2D eigenvalue weighted by Gasteiger charge is -2.20. The summed E-state index contributed by atoms with van der Waals surface area (Å²) < 4.78 is 24.9. The van der Waals surface area contributed by atoms with Crippen LogP contribution >= 0.6 is 0 Å². The highest BCUT2D eigenvalue weighted by molar-refractivity contribution is 5.72. The number of carbonyl (C=O) groups is 1. The zero-order valence-corrected chi connectivity index (χ0v) is 10.8. The molecule has 1 fully saturated rings. The summed E-state index contributed by atoms with van der Waals surface area (Å²) in [5, 5.41) is 19.1. The number of halogens is 1. The lowest BCUT2D eigenvalue weighted by atomic mass is 9.90. The number of aliphatic carboxylic acids is 1. The Kier molecular flexibility index (Phi) is 2.96. The number of rotatable bonds is 3. The Hall–Kier alpha value is -1.98. The third kappa shape index (κ3) is 2.05. The van der Waals surface area contributed by atoms with Crippen molar-refractivity contribution in [1.29, 1.82) is 0 Å². The van der Waals surface area contributed by atoms with E-state index in [4.69, 9.17) is 14.6 Å². The Morgan fingerprint density at radius 3 is 2.70 bits per heavy atom. The number of aromatic hydroxyl groups is 1. The van der Waals surface area contributed by atoms with E-state index in [2.05, 4.69) is 0 Å². The minimum Gasteiger partial charge on any atom is -0.505 e. The van der Waals surface area contributed by atoms with Crippen molar-refractivity contribution in [2.24, 2.45) is 0 Å². The maximum atomic E-state index is 13.9. The first kappa shape index (κ1) is 13.0. The largest absolute Gasteiger partial charge is 0.505 e. The molecule has 0 bridgehead atoms. The van der Waals surface area contributed by atoms with Gasteiger partial charge in [-0.2, -0.15) is 0 Å². The second-order valence-corrected chi connectivity index (χ2v) is 5.31. The van der Waals surface area contributed by atoms with E-state index in [0.29, 0.717) is 38.2 Å². The van der Waals surface area contributed by atoms with Crippen molar-refractivity contribution < 1.29 is 28.9 Å². The number of carboxylic acid groups (broad SMARTS) is 1. The molecule has 6 heteroatoms. The number of phenolic OH excluding ortho intramolecular Hbond substituents is 1. The molecular weight excluding hydrogens is 267 g/mol. The van der Waals surface area contributed by atoms with Gasteiger partial charge in [0.2, 0.25) is 0 Å². The molecule has 0 amide bonds. The van der Waals surface area contributed by atoms with E-state index in [0.717, 1.165) is 6.07 Å². The third-order valence-corrected chi connectivity index (χ3v) is 3.84. The zero-order valence-electron chi connectivity index (χ0n) is 10.8. The lowest BCUT2D eigenvalue weighted by molar-refractivity contribution is -0.137. The maximum Gasteiger partial charge on any atom is 0.304 e. The second-order valence-electron chi connectivity index (χ2n) is 5.31. The Bertz CT molecular complexity index is 565. The minimum absolute atomic E-state index is 0.153. The molecule has 1 aliphatic heterocycles. The van der Waals surface area contributed by atoms with E-state index in [-0.39, 0.29) is 17.7 Å². The molecule has 0 radical (unpaired) electrons. The molecule has 2 N–H and O–H groups in total. The number of benzene rings is 1. The van der Waals surface area contributed by atoms with Crippen molar-refractivity contribution in [1.82, 2.24) is 0 Å². The van der Waals surface area contributed by atoms with Gasteiger partial charge in [0.1, 0.15) is 0 Å². The van der Waals surface area contributed by atoms with Crippen LogP contribution in [-0.2, 0) is 10.2 Å². The van der Waals surface area contributed by atoms with Gasteiger partial charge in [-0.05, 0) is 12.8 Å². The lowest BCUT2D eigenvalue weighted by Crippen LogP contribution is -2.15. The highest BCUT2D eigenvalue weighted by Gasteiger charge is 2.51. The molecule has 3 rings (SSSR count). The fraction of sp³-hybridized carbons (Fsp3) is 0.500. The van der Waals surface area contributed by atoms with Crippen LogP contribution in [0.2, 0.25) is 0 Å². The summed E-state index contributed by atoms with van der Waals surface area (Å²) in [5.74, 6) is -1.77. The van der Waals surface area contributed by atoms with E-state index in [1.54, 1.807) is 0 Å². The first-order valence-electron chi connectivity index (χ1n) is 6.57. The summed E-state index contributed by atoms with van der Waals surface area (Å²) in [5.41, 5.74) is -0.493. The van der Waals surface area contributed by atoms with Gasteiger partial charge in [-0.1, -0.05) is 0 Å². The van der Waals surface area contributed by atoms with Crippen molar-refractivity contribution in [3.05, 3.63) is 17.4 Å². The molecule has 1 aromatic rings. The SMILES string of the molecule is O=C(O)CC1(c2c(O)c(F)cc3c2OCCCO3)CC1. The van der Waals surface area contributed by atoms with Gasteiger partial charge in [0.05, 0.1) is 19.6 Å². The van der Waals surface area contributed by atoms with Crippen LogP contribution in [-0.4, -0.2) is 29.4 Å². The first-order chi connectivity index (χ1) is 9.53.